The van der Waals surface area contributed by atoms with E-state index in [2.05, 4.69) is 5.32 Å². The second-order valence-electron chi connectivity index (χ2n) is 3.59. The Balaban J connectivity index is 2.10. The van der Waals surface area contributed by atoms with Gasteiger partial charge in [0.15, 0.2) is 0 Å². The van der Waals surface area contributed by atoms with Crippen LogP contribution in [0.3, 0.4) is 0 Å². The summed E-state index contributed by atoms with van der Waals surface area (Å²) in [5.41, 5.74) is 0. The fourth-order valence-corrected chi connectivity index (χ4v) is 1.39. The number of hydrogen-bond acceptors (Lipinski definition) is 2. The Morgan fingerprint density at radius 3 is 2.54 bits per heavy atom. The predicted molar refractivity (Wildman–Crippen MR) is 47.0 cm³/mol. The summed E-state index contributed by atoms with van der Waals surface area (Å²) in [4.78, 5) is 0. The van der Waals surface area contributed by atoms with Crippen molar-refractivity contribution in [3.05, 3.63) is 0 Å². The van der Waals surface area contributed by atoms with Gasteiger partial charge >= 0.3 is 0 Å². The first-order valence-corrected chi connectivity index (χ1v) is 4.79. The molecule has 1 aliphatic rings. The third kappa shape index (κ3) is 4.00. The molecular formula is C9H17F2NO. The molecule has 1 fully saturated rings. The Bertz CT molecular complexity index is 138. The fraction of sp³-hybridized carbons (Fsp3) is 1.00. The Morgan fingerprint density at radius 2 is 2.00 bits per heavy atom. The number of alkyl halides is 2. The van der Waals surface area contributed by atoms with Crippen molar-refractivity contribution in [2.24, 2.45) is 5.92 Å². The zero-order chi connectivity index (χ0) is 9.68. The van der Waals surface area contributed by atoms with E-state index in [1.54, 1.807) is 0 Å². The first-order chi connectivity index (χ1) is 6.20. The van der Waals surface area contributed by atoms with Gasteiger partial charge in [0.25, 0.3) is 6.43 Å². The van der Waals surface area contributed by atoms with Gasteiger partial charge in [-0.05, 0) is 32.2 Å². The topological polar surface area (TPSA) is 21.3 Å². The van der Waals surface area contributed by atoms with Gasteiger partial charge in [0.1, 0.15) is 0 Å². The lowest BCUT2D eigenvalue weighted by molar-refractivity contribution is 0.0592. The SMILES string of the molecule is CC(NCC1CCOCC1)C(F)F. The van der Waals surface area contributed by atoms with Crippen LogP contribution in [0.2, 0.25) is 0 Å². The Labute approximate surface area is 77.6 Å². The zero-order valence-electron chi connectivity index (χ0n) is 7.93. The van der Waals surface area contributed by atoms with E-state index in [1.807, 2.05) is 0 Å². The summed E-state index contributed by atoms with van der Waals surface area (Å²) in [6, 6.07) is -0.692. The molecule has 0 spiro atoms. The minimum Gasteiger partial charge on any atom is -0.381 e. The molecule has 0 bridgehead atoms. The number of rotatable bonds is 4. The van der Waals surface area contributed by atoms with E-state index < -0.39 is 12.5 Å². The molecule has 0 radical (unpaired) electrons. The van der Waals surface area contributed by atoms with Crippen molar-refractivity contribution in [3.63, 3.8) is 0 Å². The molecule has 0 aliphatic carbocycles. The van der Waals surface area contributed by atoms with Crippen molar-refractivity contribution >= 4 is 0 Å². The third-order valence-electron chi connectivity index (χ3n) is 2.45. The van der Waals surface area contributed by atoms with Gasteiger partial charge in [0, 0.05) is 13.2 Å². The molecule has 4 heteroatoms. The molecule has 13 heavy (non-hydrogen) atoms. The average molecular weight is 193 g/mol. The molecule has 1 aliphatic heterocycles. The molecule has 1 N–H and O–H groups in total. The van der Waals surface area contributed by atoms with E-state index in [-0.39, 0.29) is 0 Å². The van der Waals surface area contributed by atoms with Gasteiger partial charge in [-0.1, -0.05) is 0 Å². The molecule has 0 aromatic heterocycles. The summed E-state index contributed by atoms with van der Waals surface area (Å²) in [5.74, 6) is 0.509. The average Bonchev–Trinajstić information content (AvgIpc) is 2.15. The first-order valence-electron chi connectivity index (χ1n) is 4.79. The molecule has 1 unspecified atom stereocenters. The van der Waals surface area contributed by atoms with Crippen LogP contribution in [0.15, 0.2) is 0 Å². The van der Waals surface area contributed by atoms with Gasteiger partial charge < -0.3 is 10.1 Å². The minimum absolute atomic E-state index is 0.509. The normalized spacial score (nSPS) is 22.2. The van der Waals surface area contributed by atoms with Crippen molar-refractivity contribution in [3.8, 4) is 0 Å². The molecule has 0 aromatic carbocycles. The van der Waals surface area contributed by atoms with Crippen LogP contribution in [-0.2, 0) is 4.74 Å². The van der Waals surface area contributed by atoms with Crippen LogP contribution in [0.25, 0.3) is 0 Å². The van der Waals surface area contributed by atoms with Crippen LogP contribution in [0.5, 0.6) is 0 Å². The number of nitrogens with one attached hydrogen (secondary N) is 1. The lowest BCUT2D eigenvalue weighted by atomic mass is 10.0. The van der Waals surface area contributed by atoms with Crippen molar-refractivity contribution in [1.29, 1.82) is 0 Å². The standard InChI is InChI=1S/C9H17F2NO/c1-7(9(10)11)12-6-8-2-4-13-5-3-8/h7-9,12H,2-6H2,1H3. The molecule has 2 nitrogen and oxygen atoms in total. The molecule has 78 valence electrons. The van der Waals surface area contributed by atoms with Gasteiger partial charge in [-0.2, -0.15) is 0 Å². The lowest BCUT2D eigenvalue weighted by Crippen LogP contribution is -2.37. The Hall–Kier alpha value is -0.220. The van der Waals surface area contributed by atoms with Crippen LogP contribution in [0.4, 0.5) is 8.78 Å². The smallest absolute Gasteiger partial charge is 0.253 e. The molecule has 0 saturated carbocycles. The zero-order valence-corrected chi connectivity index (χ0v) is 7.93. The van der Waals surface area contributed by atoms with Gasteiger partial charge in [-0.3, -0.25) is 0 Å². The monoisotopic (exact) mass is 193 g/mol. The summed E-state index contributed by atoms with van der Waals surface area (Å²) in [5, 5.41) is 2.85. The van der Waals surface area contributed by atoms with Crippen molar-refractivity contribution in [2.75, 3.05) is 19.8 Å². The van der Waals surface area contributed by atoms with Crippen LogP contribution < -0.4 is 5.32 Å². The van der Waals surface area contributed by atoms with E-state index in [1.165, 1.54) is 6.92 Å². The lowest BCUT2D eigenvalue weighted by Gasteiger charge is -2.24. The van der Waals surface area contributed by atoms with Crippen molar-refractivity contribution in [1.82, 2.24) is 5.32 Å². The molecule has 1 heterocycles. The molecule has 0 amide bonds. The van der Waals surface area contributed by atoms with Gasteiger partial charge in [-0.25, -0.2) is 8.78 Å². The van der Waals surface area contributed by atoms with E-state index in [0.717, 1.165) is 26.1 Å². The van der Waals surface area contributed by atoms with Gasteiger partial charge in [0.05, 0.1) is 6.04 Å². The quantitative estimate of drug-likeness (QED) is 0.733. The summed E-state index contributed by atoms with van der Waals surface area (Å²) in [6.45, 7) is 3.75. The molecule has 1 atom stereocenters. The van der Waals surface area contributed by atoms with Gasteiger partial charge in [-0.15, -0.1) is 0 Å². The highest BCUT2D eigenvalue weighted by Crippen LogP contribution is 2.13. The minimum atomic E-state index is -2.26. The summed E-state index contributed by atoms with van der Waals surface area (Å²) < 4.78 is 29.4. The predicted octanol–water partition coefficient (Wildman–Crippen LogP) is 1.66. The summed E-state index contributed by atoms with van der Waals surface area (Å²) >= 11 is 0. The van der Waals surface area contributed by atoms with Gasteiger partial charge in [0.2, 0.25) is 0 Å². The Morgan fingerprint density at radius 1 is 1.38 bits per heavy atom. The van der Waals surface area contributed by atoms with Crippen LogP contribution in [0, 0.1) is 5.92 Å². The molecular weight excluding hydrogens is 176 g/mol. The van der Waals surface area contributed by atoms with E-state index in [0.29, 0.717) is 12.5 Å². The molecule has 0 aromatic rings. The first kappa shape index (κ1) is 10.9. The number of hydrogen-bond donors (Lipinski definition) is 1. The largest absolute Gasteiger partial charge is 0.381 e. The van der Waals surface area contributed by atoms with Crippen LogP contribution in [-0.4, -0.2) is 32.2 Å². The van der Waals surface area contributed by atoms with Crippen molar-refractivity contribution < 1.29 is 13.5 Å². The maximum absolute atomic E-state index is 12.1. The highest BCUT2D eigenvalue weighted by atomic mass is 19.3. The van der Waals surface area contributed by atoms with Crippen molar-refractivity contribution in [2.45, 2.75) is 32.2 Å². The number of halogens is 2. The van der Waals surface area contributed by atoms with E-state index in [4.69, 9.17) is 4.74 Å². The number of ether oxygens (including phenoxy) is 1. The highest BCUT2D eigenvalue weighted by molar-refractivity contribution is 4.70. The summed E-state index contributed by atoms with van der Waals surface area (Å²) in [7, 11) is 0. The maximum atomic E-state index is 12.1. The second-order valence-corrected chi connectivity index (χ2v) is 3.59. The van der Waals surface area contributed by atoms with Crippen LogP contribution in [0.1, 0.15) is 19.8 Å². The Kier molecular flexibility index (Phi) is 4.59. The summed E-state index contributed by atoms with van der Waals surface area (Å²) in [6.07, 6.45) is -0.286. The molecule has 1 saturated heterocycles. The maximum Gasteiger partial charge on any atom is 0.253 e. The fourth-order valence-electron chi connectivity index (χ4n) is 1.39. The third-order valence-corrected chi connectivity index (χ3v) is 2.45. The van der Waals surface area contributed by atoms with E-state index in [9.17, 15) is 8.78 Å². The second kappa shape index (κ2) is 5.50. The molecule has 1 rings (SSSR count). The van der Waals surface area contributed by atoms with Crippen LogP contribution >= 0.6 is 0 Å². The van der Waals surface area contributed by atoms with E-state index >= 15 is 0 Å². The highest BCUT2D eigenvalue weighted by Gasteiger charge is 2.18.